The van der Waals surface area contributed by atoms with Gasteiger partial charge in [0, 0.05) is 54.4 Å². The zero-order valence-corrected chi connectivity index (χ0v) is 16.9. The molecule has 4 nitrogen and oxygen atoms in total. The summed E-state index contributed by atoms with van der Waals surface area (Å²) in [6.07, 6.45) is -2.11. The number of nitrogens with zero attached hydrogens (tertiary/aromatic N) is 2. The van der Waals surface area contributed by atoms with Crippen LogP contribution in [0.5, 0.6) is 0 Å². The van der Waals surface area contributed by atoms with Crippen molar-refractivity contribution < 1.29 is 18.0 Å². The van der Waals surface area contributed by atoms with Gasteiger partial charge in [0.25, 0.3) is 0 Å². The molecule has 0 radical (unpaired) electrons. The van der Waals surface area contributed by atoms with Crippen molar-refractivity contribution in [1.82, 2.24) is 10.3 Å². The predicted octanol–water partition coefficient (Wildman–Crippen LogP) is 4.46. The molecule has 0 aliphatic carbocycles. The van der Waals surface area contributed by atoms with Crippen molar-refractivity contribution in [2.24, 2.45) is 5.92 Å². The van der Waals surface area contributed by atoms with Crippen molar-refractivity contribution in [3.8, 4) is 0 Å². The number of benzene rings is 1. The average Bonchev–Trinajstić information content (AvgIpc) is 2.66. The van der Waals surface area contributed by atoms with Gasteiger partial charge >= 0.3 is 6.18 Å². The fourth-order valence-electron chi connectivity index (χ4n) is 3.82. The SMILES string of the molecule is Cc1ncccc1C(=O)c1cc(N2CCN[C@@H](CC(C)C)C2)ccc1C(F)(F)F. The number of aromatic nitrogens is 1. The zero-order chi connectivity index (χ0) is 21.2. The number of hydrogen-bond acceptors (Lipinski definition) is 4. The first-order chi connectivity index (χ1) is 13.7. The fourth-order valence-corrected chi connectivity index (χ4v) is 3.82. The Morgan fingerprint density at radius 3 is 2.69 bits per heavy atom. The number of carbonyl (C=O) groups excluding carboxylic acids is 1. The highest BCUT2D eigenvalue weighted by atomic mass is 19.4. The number of carbonyl (C=O) groups is 1. The van der Waals surface area contributed by atoms with Crippen LogP contribution in [0.1, 0.15) is 47.4 Å². The van der Waals surface area contributed by atoms with E-state index in [1.807, 2.05) is 0 Å². The molecular formula is C22H26F3N3O. The molecule has 156 valence electrons. The lowest BCUT2D eigenvalue weighted by Gasteiger charge is -2.36. The molecule has 0 spiro atoms. The molecule has 1 aromatic carbocycles. The summed E-state index contributed by atoms with van der Waals surface area (Å²) >= 11 is 0. The normalized spacial score (nSPS) is 17.6. The van der Waals surface area contributed by atoms with Crippen molar-refractivity contribution in [1.29, 1.82) is 0 Å². The summed E-state index contributed by atoms with van der Waals surface area (Å²) in [5, 5.41) is 3.46. The number of aryl methyl sites for hydroxylation is 1. The van der Waals surface area contributed by atoms with Crippen LogP contribution < -0.4 is 10.2 Å². The van der Waals surface area contributed by atoms with E-state index >= 15 is 0 Å². The van der Waals surface area contributed by atoms with E-state index in [-0.39, 0.29) is 17.2 Å². The van der Waals surface area contributed by atoms with Gasteiger partial charge in [0.05, 0.1) is 5.56 Å². The molecule has 1 aromatic heterocycles. The van der Waals surface area contributed by atoms with Crippen molar-refractivity contribution in [2.75, 3.05) is 24.5 Å². The highest BCUT2D eigenvalue weighted by molar-refractivity contribution is 6.11. The monoisotopic (exact) mass is 405 g/mol. The van der Waals surface area contributed by atoms with Crippen LogP contribution in [0.25, 0.3) is 0 Å². The number of alkyl halides is 3. The third-order valence-corrected chi connectivity index (χ3v) is 5.18. The number of ketones is 1. The van der Waals surface area contributed by atoms with E-state index in [0.29, 0.717) is 30.4 Å². The summed E-state index contributed by atoms with van der Waals surface area (Å²) in [6, 6.07) is 7.22. The average molecular weight is 405 g/mol. The molecule has 1 N–H and O–H groups in total. The number of rotatable bonds is 5. The van der Waals surface area contributed by atoms with Gasteiger partial charge < -0.3 is 10.2 Å². The summed E-state index contributed by atoms with van der Waals surface area (Å²) < 4.78 is 40.8. The van der Waals surface area contributed by atoms with Crippen molar-refractivity contribution >= 4 is 11.5 Å². The third-order valence-electron chi connectivity index (χ3n) is 5.18. The lowest BCUT2D eigenvalue weighted by molar-refractivity contribution is -0.137. The van der Waals surface area contributed by atoms with Crippen LogP contribution in [0.4, 0.5) is 18.9 Å². The summed E-state index contributed by atoms with van der Waals surface area (Å²) in [7, 11) is 0. The second-order valence-corrected chi connectivity index (χ2v) is 7.92. The molecule has 7 heteroatoms. The van der Waals surface area contributed by atoms with Gasteiger partial charge in [0.2, 0.25) is 0 Å². The van der Waals surface area contributed by atoms with Gasteiger partial charge in [-0.3, -0.25) is 9.78 Å². The first-order valence-electron chi connectivity index (χ1n) is 9.82. The largest absolute Gasteiger partial charge is 0.417 e. The van der Waals surface area contributed by atoms with Crippen molar-refractivity contribution in [2.45, 2.75) is 39.4 Å². The second-order valence-electron chi connectivity index (χ2n) is 7.92. The Hall–Kier alpha value is -2.41. The molecule has 2 aromatic rings. The summed E-state index contributed by atoms with van der Waals surface area (Å²) in [5.41, 5.74) is -0.00472. The molecule has 0 amide bonds. The second kappa shape index (κ2) is 8.53. The minimum absolute atomic E-state index is 0.188. The van der Waals surface area contributed by atoms with E-state index < -0.39 is 17.5 Å². The van der Waals surface area contributed by atoms with Crippen LogP contribution in [-0.2, 0) is 6.18 Å². The lowest BCUT2D eigenvalue weighted by atomic mass is 9.95. The van der Waals surface area contributed by atoms with Crippen LogP contribution >= 0.6 is 0 Å². The summed E-state index contributed by atoms with van der Waals surface area (Å²) in [6.45, 7) is 8.04. The smallest absolute Gasteiger partial charge is 0.369 e. The predicted molar refractivity (Wildman–Crippen MR) is 107 cm³/mol. The van der Waals surface area contributed by atoms with Crippen molar-refractivity contribution in [3.05, 3.63) is 58.9 Å². The van der Waals surface area contributed by atoms with E-state index in [2.05, 4.69) is 29.0 Å². The summed E-state index contributed by atoms with van der Waals surface area (Å²) in [5.74, 6) is -0.135. The topological polar surface area (TPSA) is 45.2 Å². The number of pyridine rings is 1. The van der Waals surface area contributed by atoms with Gasteiger partial charge in [-0.1, -0.05) is 13.8 Å². The minimum Gasteiger partial charge on any atom is -0.369 e. The molecule has 1 atom stereocenters. The molecule has 2 heterocycles. The van der Waals surface area contributed by atoms with Gasteiger partial charge in [-0.05, 0) is 49.6 Å². The van der Waals surface area contributed by atoms with E-state index in [1.54, 1.807) is 13.0 Å². The Bertz CT molecular complexity index is 880. The molecule has 0 saturated carbocycles. The summed E-state index contributed by atoms with van der Waals surface area (Å²) in [4.78, 5) is 19.1. The number of halogens is 3. The fraction of sp³-hybridized carbons (Fsp3) is 0.455. The van der Waals surface area contributed by atoms with E-state index in [1.165, 1.54) is 24.4 Å². The Labute approximate surface area is 169 Å². The van der Waals surface area contributed by atoms with Gasteiger partial charge in [-0.25, -0.2) is 0 Å². The van der Waals surface area contributed by atoms with Crippen LogP contribution in [-0.4, -0.2) is 36.4 Å². The third kappa shape index (κ3) is 4.96. The number of nitrogens with one attached hydrogen (secondary N) is 1. The molecule has 1 aliphatic heterocycles. The highest BCUT2D eigenvalue weighted by Crippen LogP contribution is 2.35. The Morgan fingerprint density at radius 2 is 2.03 bits per heavy atom. The van der Waals surface area contributed by atoms with Gasteiger partial charge in [-0.2, -0.15) is 13.2 Å². The highest BCUT2D eigenvalue weighted by Gasteiger charge is 2.36. The molecule has 0 bridgehead atoms. The zero-order valence-electron chi connectivity index (χ0n) is 16.9. The van der Waals surface area contributed by atoms with E-state index in [0.717, 1.165) is 19.0 Å². The van der Waals surface area contributed by atoms with E-state index in [4.69, 9.17) is 0 Å². The molecular weight excluding hydrogens is 379 g/mol. The maximum Gasteiger partial charge on any atom is 0.417 e. The minimum atomic E-state index is -4.61. The van der Waals surface area contributed by atoms with Gasteiger partial charge in [0.1, 0.15) is 0 Å². The Balaban J connectivity index is 1.98. The first-order valence-corrected chi connectivity index (χ1v) is 9.82. The number of anilines is 1. The first kappa shape index (κ1) is 21.3. The lowest BCUT2D eigenvalue weighted by Crippen LogP contribution is -2.51. The van der Waals surface area contributed by atoms with Gasteiger partial charge in [0.15, 0.2) is 5.78 Å². The van der Waals surface area contributed by atoms with E-state index in [9.17, 15) is 18.0 Å². The van der Waals surface area contributed by atoms with Crippen LogP contribution in [0.15, 0.2) is 36.5 Å². The maximum absolute atomic E-state index is 13.6. The van der Waals surface area contributed by atoms with Crippen molar-refractivity contribution in [3.63, 3.8) is 0 Å². The molecule has 29 heavy (non-hydrogen) atoms. The quantitative estimate of drug-likeness (QED) is 0.746. The standard InChI is InChI=1S/C22H26F3N3O/c1-14(2)11-16-13-28(10-9-27-16)17-6-7-20(22(23,24)25)19(12-17)21(29)18-5-4-8-26-15(18)3/h4-8,12,14,16,27H,9-11,13H2,1-3H3/t16-/m0/s1. The molecule has 0 unspecified atom stereocenters. The van der Waals surface area contributed by atoms with Crippen LogP contribution in [0.2, 0.25) is 0 Å². The Kier molecular flexibility index (Phi) is 6.27. The van der Waals surface area contributed by atoms with Gasteiger partial charge in [-0.15, -0.1) is 0 Å². The molecule has 1 aliphatic rings. The van der Waals surface area contributed by atoms with Crippen LogP contribution in [0.3, 0.4) is 0 Å². The Morgan fingerprint density at radius 1 is 1.28 bits per heavy atom. The van der Waals surface area contributed by atoms with Crippen LogP contribution in [0, 0.1) is 12.8 Å². The maximum atomic E-state index is 13.6. The number of hydrogen-bond donors (Lipinski definition) is 1. The molecule has 1 fully saturated rings. The molecule has 1 saturated heterocycles. The molecule has 3 rings (SSSR count). The number of piperazine rings is 1.